The van der Waals surface area contributed by atoms with Gasteiger partial charge in [-0.05, 0) is 13.0 Å². The molecular weight excluding hydrogens is 190 g/mol. The van der Waals surface area contributed by atoms with Crippen molar-refractivity contribution in [3.05, 3.63) is 18.2 Å². The molecule has 4 nitrogen and oxygen atoms in total. The summed E-state index contributed by atoms with van der Waals surface area (Å²) in [5.74, 6) is 0.979. The van der Waals surface area contributed by atoms with Gasteiger partial charge in [0.1, 0.15) is 12.4 Å². The molecule has 1 rings (SSSR count). The zero-order valence-corrected chi connectivity index (χ0v) is 9.86. The summed E-state index contributed by atoms with van der Waals surface area (Å²) in [5, 5.41) is 3.35. The maximum Gasteiger partial charge on any atom is 0.134 e. The fraction of sp³-hybridized carbons (Fsp3) is 0.727. The van der Waals surface area contributed by atoms with Crippen LogP contribution in [0.5, 0.6) is 0 Å². The first-order valence-electron chi connectivity index (χ1n) is 5.47. The van der Waals surface area contributed by atoms with E-state index in [-0.39, 0.29) is 0 Å². The molecule has 0 saturated carbocycles. The van der Waals surface area contributed by atoms with Gasteiger partial charge in [0.2, 0.25) is 0 Å². The molecule has 0 aliphatic heterocycles. The van der Waals surface area contributed by atoms with E-state index in [4.69, 9.17) is 4.74 Å². The molecule has 1 N–H and O–H groups in total. The van der Waals surface area contributed by atoms with Gasteiger partial charge in [0.25, 0.3) is 0 Å². The summed E-state index contributed by atoms with van der Waals surface area (Å²) in [6.45, 7) is 6.69. The van der Waals surface area contributed by atoms with E-state index in [0.29, 0.717) is 12.6 Å². The Labute approximate surface area is 91.7 Å². The van der Waals surface area contributed by atoms with Gasteiger partial charge in [-0.15, -0.1) is 0 Å². The first-order valence-corrected chi connectivity index (χ1v) is 5.47. The van der Waals surface area contributed by atoms with Crippen LogP contribution in [0.2, 0.25) is 0 Å². The number of aromatic nitrogens is 2. The Kier molecular flexibility index (Phi) is 5.36. The van der Waals surface area contributed by atoms with Crippen molar-refractivity contribution in [2.45, 2.75) is 32.9 Å². The summed E-state index contributed by atoms with van der Waals surface area (Å²) in [6, 6.07) is 0.555. The molecule has 0 aromatic carbocycles. The quantitative estimate of drug-likeness (QED) is 0.691. The standard InChI is InChI=1S/C11H21N3O/c1-10(2)12-5-4-8-15-9-11-13-6-7-14(11)3/h6-7,10,12H,4-5,8-9H2,1-3H3. The first kappa shape index (κ1) is 12.2. The van der Waals surface area contributed by atoms with Crippen molar-refractivity contribution in [2.75, 3.05) is 13.2 Å². The van der Waals surface area contributed by atoms with Crippen LogP contribution in [0.3, 0.4) is 0 Å². The van der Waals surface area contributed by atoms with Crippen LogP contribution >= 0.6 is 0 Å². The Bertz CT molecular complexity index is 271. The highest BCUT2D eigenvalue weighted by Crippen LogP contribution is 1.97. The maximum absolute atomic E-state index is 5.52. The number of hydrogen-bond donors (Lipinski definition) is 1. The zero-order chi connectivity index (χ0) is 11.1. The highest BCUT2D eigenvalue weighted by molar-refractivity contribution is 4.88. The molecule has 1 heterocycles. The lowest BCUT2D eigenvalue weighted by atomic mass is 10.3. The van der Waals surface area contributed by atoms with Gasteiger partial charge >= 0.3 is 0 Å². The molecule has 0 unspecified atom stereocenters. The normalized spacial score (nSPS) is 11.2. The van der Waals surface area contributed by atoms with Crippen molar-refractivity contribution in [1.82, 2.24) is 14.9 Å². The second-order valence-electron chi connectivity index (χ2n) is 3.97. The van der Waals surface area contributed by atoms with Crippen LogP contribution < -0.4 is 5.32 Å². The number of imidazole rings is 1. The monoisotopic (exact) mass is 211 g/mol. The summed E-state index contributed by atoms with van der Waals surface area (Å²) >= 11 is 0. The Morgan fingerprint density at radius 3 is 2.93 bits per heavy atom. The molecule has 0 aliphatic carbocycles. The second kappa shape index (κ2) is 6.58. The predicted octanol–water partition coefficient (Wildman–Crippen LogP) is 1.32. The van der Waals surface area contributed by atoms with Crippen LogP contribution in [0.4, 0.5) is 0 Å². The molecule has 1 aromatic heterocycles. The van der Waals surface area contributed by atoms with Crippen LogP contribution in [-0.2, 0) is 18.4 Å². The number of rotatable bonds is 7. The Morgan fingerprint density at radius 2 is 2.33 bits per heavy atom. The van der Waals surface area contributed by atoms with Crippen molar-refractivity contribution < 1.29 is 4.74 Å². The highest BCUT2D eigenvalue weighted by atomic mass is 16.5. The van der Waals surface area contributed by atoms with Crippen molar-refractivity contribution in [2.24, 2.45) is 7.05 Å². The molecule has 0 amide bonds. The summed E-state index contributed by atoms with van der Waals surface area (Å²) < 4.78 is 7.50. The average molecular weight is 211 g/mol. The van der Waals surface area contributed by atoms with E-state index >= 15 is 0 Å². The van der Waals surface area contributed by atoms with Gasteiger partial charge in [0, 0.05) is 32.1 Å². The molecule has 4 heteroatoms. The third kappa shape index (κ3) is 4.95. The molecule has 0 aliphatic rings. The summed E-state index contributed by atoms with van der Waals surface area (Å²) in [5.41, 5.74) is 0. The fourth-order valence-electron chi connectivity index (χ4n) is 1.26. The minimum absolute atomic E-state index is 0.555. The Morgan fingerprint density at radius 1 is 1.53 bits per heavy atom. The van der Waals surface area contributed by atoms with Crippen LogP contribution in [0.25, 0.3) is 0 Å². The molecule has 86 valence electrons. The van der Waals surface area contributed by atoms with Crippen LogP contribution in [-0.4, -0.2) is 28.7 Å². The average Bonchev–Trinajstić information content (AvgIpc) is 2.57. The molecule has 0 atom stereocenters. The van der Waals surface area contributed by atoms with E-state index in [1.807, 2.05) is 17.8 Å². The van der Waals surface area contributed by atoms with E-state index in [9.17, 15) is 0 Å². The van der Waals surface area contributed by atoms with Gasteiger partial charge in [-0.2, -0.15) is 0 Å². The molecule has 0 radical (unpaired) electrons. The van der Waals surface area contributed by atoms with Gasteiger partial charge in [-0.1, -0.05) is 13.8 Å². The van der Waals surface area contributed by atoms with Crippen molar-refractivity contribution >= 4 is 0 Å². The molecule has 15 heavy (non-hydrogen) atoms. The van der Waals surface area contributed by atoms with Crippen molar-refractivity contribution in [3.8, 4) is 0 Å². The minimum Gasteiger partial charge on any atom is -0.373 e. The first-order chi connectivity index (χ1) is 7.20. The topological polar surface area (TPSA) is 39.1 Å². The number of aryl methyl sites for hydroxylation is 1. The van der Waals surface area contributed by atoms with E-state index in [2.05, 4.69) is 24.1 Å². The molecule has 1 aromatic rings. The number of nitrogens with one attached hydrogen (secondary N) is 1. The van der Waals surface area contributed by atoms with Crippen molar-refractivity contribution in [3.63, 3.8) is 0 Å². The van der Waals surface area contributed by atoms with E-state index in [1.54, 1.807) is 6.20 Å². The van der Waals surface area contributed by atoms with Gasteiger partial charge in [-0.25, -0.2) is 4.98 Å². The largest absolute Gasteiger partial charge is 0.373 e. The smallest absolute Gasteiger partial charge is 0.134 e. The van der Waals surface area contributed by atoms with Gasteiger partial charge < -0.3 is 14.6 Å². The molecular formula is C11H21N3O. The SMILES string of the molecule is CC(C)NCCCOCc1nccn1C. The molecule has 0 saturated heterocycles. The van der Waals surface area contributed by atoms with E-state index in [1.165, 1.54) is 0 Å². The van der Waals surface area contributed by atoms with Crippen LogP contribution in [0.1, 0.15) is 26.1 Å². The van der Waals surface area contributed by atoms with E-state index in [0.717, 1.165) is 25.4 Å². The number of ether oxygens (including phenoxy) is 1. The van der Waals surface area contributed by atoms with Gasteiger partial charge in [0.05, 0.1) is 0 Å². The summed E-state index contributed by atoms with van der Waals surface area (Å²) in [4.78, 5) is 4.18. The summed E-state index contributed by atoms with van der Waals surface area (Å²) in [7, 11) is 1.98. The predicted molar refractivity (Wildman–Crippen MR) is 60.6 cm³/mol. The third-order valence-corrected chi connectivity index (χ3v) is 2.17. The van der Waals surface area contributed by atoms with Crippen molar-refractivity contribution in [1.29, 1.82) is 0 Å². The van der Waals surface area contributed by atoms with E-state index < -0.39 is 0 Å². The summed E-state index contributed by atoms with van der Waals surface area (Å²) in [6.07, 6.45) is 4.76. The Hall–Kier alpha value is -0.870. The fourth-order valence-corrected chi connectivity index (χ4v) is 1.26. The third-order valence-electron chi connectivity index (χ3n) is 2.17. The molecule has 0 bridgehead atoms. The second-order valence-corrected chi connectivity index (χ2v) is 3.97. The Balaban J connectivity index is 2.00. The van der Waals surface area contributed by atoms with Crippen LogP contribution in [0.15, 0.2) is 12.4 Å². The molecule has 0 fully saturated rings. The lowest BCUT2D eigenvalue weighted by molar-refractivity contribution is 0.111. The number of nitrogens with zero attached hydrogens (tertiary/aromatic N) is 2. The minimum atomic E-state index is 0.555. The lowest BCUT2D eigenvalue weighted by Gasteiger charge is -2.08. The maximum atomic E-state index is 5.52. The molecule has 0 spiro atoms. The lowest BCUT2D eigenvalue weighted by Crippen LogP contribution is -2.24. The number of hydrogen-bond acceptors (Lipinski definition) is 3. The van der Waals surface area contributed by atoms with Gasteiger partial charge in [-0.3, -0.25) is 0 Å². The van der Waals surface area contributed by atoms with Crippen LogP contribution in [0, 0.1) is 0 Å². The van der Waals surface area contributed by atoms with Gasteiger partial charge in [0.15, 0.2) is 0 Å². The zero-order valence-electron chi connectivity index (χ0n) is 9.86. The highest BCUT2D eigenvalue weighted by Gasteiger charge is 1.98.